The number of carbonyl (C=O) groups excluding carboxylic acids is 1. The summed E-state index contributed by atoms with van der Waals surface area (Å²) >= 11 is 0. The Morgan fingerprint density at radius 1 is 1.43 bits per heavy atom. The van der Waals surface area contributed by atoms with E-state index in [9.17, 15) is 4.79 Å². The van der Waals surface area contributed by atoms with Crippen molar-refractivity contribution in [3.63, 3.8) is 0 Å². The number of hydrogen-bond donors (Lipinski definition) is 2. The molecule has 1 aliphatic rings. The summed E-state index contributed by atoms with van der Waals surface area (Å²) < 4.78 is 0. The number of para-hydroxylation sites is 1. The minimum atomic E-state index is 0.0786. The van der Waals surface area contributed by atoms with Crippen LogP contribution in [0.5, 0.6) is 0 Å². The standard InChI is InChI=1S/C17H27N3O/c1-2-5-14-8-10-20(13-14)11-9-17(21)19-16-7-4-3-6-15(16)12-18/h3-4,6-7,14H,2,5,8-13,18H2,1H3,(H,19,21). The Balaban J connectivity index is 1.75. The molecule has 21 heavy (non-hydrogen) atoms. The lowest BCUT2D eigenvalue weighted by molar-refractivity contribution is -0.116. The molecule has 4 nitrogen and oxygen atoms in total. The predicted octanol–water partition coefficient (Wildman–Crippen LogP) is 2.60. The number of benzene rings is 1. The number of hydrogen-bond acceptors (Lipinski definition) is 3. The maximum atomic E-state index is 12.1. The number of carbonyl (C=O) groups is 1. The van der Waals surface area contributed by atoms with Crippen molar-refractivity contribution in [1.29, 1.82) is 0 Å². The second kappa shape index (κ2) is 8.15. The summed E-state index contributed by atoms with van der Waals surface area (Å²) in [6, 6.07) is 7.72. The van der Waals surface area contributed by atoms with Crippen molar-refractivity contribution in [3.05, 3.63) is 29.8 Å². The van der Waals surface area contributed by atoms with E-state index in [2.05, 4.69) is 17.1 Å². The van der Waals surface area contributed by atoms with Gasteiger partial charge >= 0.3 is 0 Å². The molecule has 1 heterocycles. The van der Waals surface area contributed by atoms with E-state index >= 15 is 0 Å². The zero-order chi connectivity index (χ0) is 15.1. The third kappa shape index (κ3) is 4.83. The van der Waals surface area contributed by atoms with E-state index in [0.717, 1.165) is 36.8 Å². The molecule has 0 spiro atoms. The Morgan fingerprint density at radius 3 is 3.00 bits per heavy atom. The Labute approximate surface area is 127 Å². The fraction of sp³-hybridized carbons (Fsp3) is 0.588. The molecule has 3 N–H and O–H groups in total. The molecular weight excluding hydrogens is 262 g/mol. The number of amides is 1. The zero-order valence-electron chi connectivity index (χ0n) is 13.0. The van der Waals surface area contributed by atoms with E-state index < -0.39 is 0 Å². The highest BCUT2D eigenvalue weighted by Crippen LogP contribution is 2.21. The summed E-state index contributed by atoms with van der Waals surface area (Å²) in [4.78, 5) is 14.5. The molecule has 1 aromatic rings. The van der Waals surface area contributed by atoms with Crippen LogP contribution in [-0.2, 0) is 11.3 Å². The third-order valence-electron chi connectivity index (χ3n) is 4.23. The van der Waals surface area contributed by atoms with E-state index in [1.54, 1.807) is 0 Å². The van der Waals surface area contributed by atoms with Crippen molar-refractivity contribution in [1.82, 2.24) is 4.90 Å². The topological polar surface area (TPSA) is 58.4 Å². The van der Waals surface area contributed by atoms with Crippen LogP contribution in [0.4, 0.5) is 5.69 Å². The normalized spacial score (nSPS) is 18.9. The van der Waals surface area contributed by atoms with E-state index in [1.165, 1.54) is 19.3 Å². The number of nitrogens with zero attached hydrogens (tertiary/aromatic N) is 1. The molecule has 4 heteroatoms. The van der Waals surface area contributed by atoms with Gasteiger partial charge in [0.25, 0.3) is 0 Å². The molecule has 2 rings (SSSR count). The smallest absolute Gasteiger partial charge is 0.225 e. The number of rotatable bonds is 7. The Morgan fingerprint density at radius 2 is 2.24 bits per heavy atom. The van der Waals surface area contributed by atoms with Crippen LogP contribution in [0.25, 0.3) is 0 Å². The molecule has 1 fully saturated rings. The Bertz CT molecular complexity index is 461. The lowest BCUT2D eigenvalue weighted by Crippen LogP contribution is -2.26. The molecule has 0 aromatic heterocycles. The van der Waals surface area contributed by atoms with Crippen LogP contribution >= 0.6 is 0 Å². The van der Waals surface area contributed by atoms with E-state index in [0.29, 0.717) is 13.0 Å². The molecule has 0 saturated carbocycles. The summed E-state index contributed by atoms with van der Waals surface area (Å²) in [5.74, 6) is 0.908. The fourth-order valence-corrected chi connectivity index (χ4v) is 3.05. The minimum absolute atomic E-state index is 0.0786. The van der Waals surface area contributed by atoms with Crippen molar-refractivity contribution < 1.29 is 4.79 Å². The summed E-state index contributed by atoms with van der Waals surface area (Å²) in [6.07, 6.45) is 4.41. The summed E-state index contributed by atoms with van der Waals surface area (Å²) in [5.41, 5.74) is 7.51. The van der Waals surface area contributed by atoms with Gasteiger partial charge in [-0.1, -0.05) is 31.5 Å². The lowest BCUT2D eigenvalue weighted by atomic mass is 10.0. The van der Waals surface area contributed by atoms with Crippen LogP contribution in [0, 0.1) is 5.92 Å². The monoisotopic (exact) mass is 289 g/mol. The second-order valence-corrected chi connectivity index (χ2v) is 5.90. The van der Waals surface area contributed by atoms with Crippen molar-refractivity contribution in [3.8, 4) is 0 Å². The molecule has 116 valence electrons. The average molecular weight is 289 g/mol. The quantitative estimate of drug-likeness (QED) is 0.811. The molecule has 1 saturated heterocycles. The first-order chi connectivity index (χ1) is 10.2. The first-order valence-electron chi connectivity index (χ1n) is 8.03. The SMILES string of the molecule is CCCC1CCN(CCC(=O)Nc2ccccc2CN)C1. The predicted molar refractivity (Wildman–Crippen MR) is 87.0 cm³/mol. The van der Waals surface area contributed by atoms with Crippen LogP contribution in [-0.4, -0.2) is 30.4 Å². The van der Waals surface area contributed by atoms with Crippen LogP contribution in [0.15, 0.2) is 24.3 Å². The van der Waals surface area contributed by atoms with Crippen LogP contribution < -0.4 is 11.1 Å². The van der Waals surface area contributed by atoms with Gasteiger partial charge in [0.15, 0.2) is 0 Å². The number of nitrogens with two attached hydrogens (primary N) is 1. The van der Waals surface area contributed by atoms with Crippen molar-refractivity contribution in [2.24, 2.45) is 11.7 Å². The van der Waals surface area contributed by atoms with Gasteiger partial charge in [-0.15, -0.1) is 0 Å². The maximum Gasteiger partial charge on any atom is 0.225 e. The number of likely N-dealkylation sites (tertiary alicyclic amines) is 1. The van der Waals surface area contributed by atoms with Crippen LogP contribution in [0.1, 0.15) is 38.2 Å². The average Bonchev–Trinajstić information content (AvgIpc) is 2.94. The highest BCUT2D eigenvalue weighted by Gasteiger charge is 2.21. The summed E-state index contributed by atoms with van der Waals surface area (Å²) in [5, 5.41) is 2.98. The van der Waals surface area contributed by atoms with Gasteiger partial charge < -0.3 is 16.0 Å². The molecule has 1 atom stereocenters. The molecule has 0 aliphatic carbocycles. The van der Waals surface area contributed by atoms with Gasteiger partial charge in [-0.05, 0) is 36.9 Å². The molecule has 1 aliphatic heterocycles. The molecule has 1 amide bonds. The van der Waals surface area contributed by atoms with Crippen molar-refractivity contribution in [2.75, 3.05) is 25.0 Å². The highest BCUT2D eigenvalue weighted by molar-refractivity contribution is 5.91. The van der Waals surface area contributed by atoms with Crippen LogP contribution in [0.2, 0.25) is 0 Å². The molecular formula is C17H27N3O. The van der Waals surface area contributed by atoms with Gasteiger partial charge in [0, 0.05) is 31.7 Å². The van der Waals surface area contributed by atoms with E-state index in [1.807, 2.05) is 24.3 Å². The number of nitrogens with one attached hydrogen (secondary N) is 1. The van der Waals surface area contributed by atoms with Gasteiger partial charge in [-0.2, -0.15) is 0 Å². The maximum absolute atomic E-state index is 12.1. The number of anilines is 1. The van der Waals surface area contributed by atoms with Crippen LogP contribution in [0.3, 0.4) is 0 Å². The first kappa shape index (κ1) is 16.0. The summed E-state index contributed by atoms with van der Waals surface area (Å²) in [7, 11) is 0. The largest absolute Gasteiger partial charge is 0.326 e. The minimum Gasteiger partial charge on any atom is -0.326 e. The zero-order valence-corrected chi connectivity index (χ0v) is 13.0. The Kier molecular flexibility index (Phi) is 6.21. The second-order valence-electron chi connectivity index (χ2n) is 5.90. The summed E-state index contributed by atoms with van der Waals surface area (Å²) in [6.45, 7) is 5.83. The van der Waals surface area contributed by atoms with Gasteiger partial charge in [0.1, 0.15) is 0 Å². The van der Waals surface area contributed by atoms with Crippen molar-refractivity contribution in [2.45, 2.75) is 39.2 Å². The first-order valence-corrected chi connectivity index (χ1v) is 8.03. The van der Waals surface area contributed by atoms with Gasteiger partial charge in [-0.3, -0.25) is 4.79 Å². The van der Waals surface area contributed by atoms with Gasteiger partial charge in [-0.25, -0.2) is 0 Å². The van der Waals surface area contributed by atoms with E-state index in [-0.39, 0.29) is 5.91 Å². The molecule has 1 aromatic carbocycles. The van der Waals surface area contributed by atoms with Gasteiger partial charge in [0.2, 0.25) is 5.91 Å². The van der Waals surface area contributed by atoms with Crippen molar-refractivity contribution >= 4 is 11.6 Å². The Hall–Kier alpha value is -1.39. The highest BCUT2D eigenvalue weighted by atomic mass is 16.1. The lowest BCUT2D eigenvalue weighted by Gasteiger charge is -2.16. The van der Waals surface area contributed by atoms with E-state index in [4.69, 9.17) is 5.73 Å². The third-order valence-corrected chi connectivity index (χ3v) is 4.23. The van der Waals surface area contributed by atoms with Gasteiger partial charge in [0.05, 0.1) is 0 Å². The fourth-order valence-electron chi connectivity index (χ4n) is 3.05. The molecule has 1 unspecified atom stereocenters. The molecule has 0 bridgehead atoms. The molecule has 0 radical (unpaired) electrons.